The minimum Gasteiger partial charge on any atom is -0.379 e. The maximum absolute atomic E-state index is 14.3. The van der Waals surface area contributed by atoms with Crippen molar-refractivity contribution in [1.82, 2.24) is 28.6 Å². The van der Waals surface area contributed by atoms with Gasteiger partial charge in [0.15, 0.2) is 0 Å². The molecule has 0 spiro atoms. The number of imidazole rings is 1. The van der Waals surface area contributed by atoms with Crippen molar-refractivity contribution in [3.63, 3.8) is 0 Å². The molecule has 0 saturated carbocycles. The fraction of sp³-hybridized carbons (Fsp3) is 0.464. The van der Waals surface area contributed by atoms with E-state index in [2.05, 4.69) is 10.2 Å². The first-order valence-electron chi connectivity index (χ1n) is 13.5. The van der Waals surface area contributed by atoms with Gasteiger partial charge in [-0.15, -0.1) is 10.2 Å². The molecule has 2 fully saturated rings. The molecule has 14 heteroatoms. The summed E-state index contributed by atoms with van der Waals surface area (Å²) in [6.07, 6.45) is -1.44. The summed E-state index contributed by atoms with van der Waals surface area (Å²) >= 11 is 0. The highest BCUT2D eigenvalue weighted by Crippen LogP contribution is 2.38. The van der Waals surface area contributed by atoms with Gasteiger partial charge >= 0.3 is 18.4 Å². The third kappa shape index (κ3) is 5.00. The second-order valence-electron chi connectivity index (χ2n) is 11.0. The number of benzene rings is 1. The quantitative estimate of drug-likeness (QED) is 0.279. The Morgan fingerprint density at radius 1 is 1.12 bits per heavy atom. The second-order valence-corrected chi connectivity index (χ2v) is 11.0. The predicted octanol–water partition coefficient (Wildman–Crippen LogP) is 5.10. The summed E-state index contributed by atoms with van der Waals surface area (Å²) in [5.41, 5.74) is -1.40. The molecule has 0 radical (unpaired) electrons. The van der Waals surface area contributed by atoms with Crippen LogP contribution in [-0.4, -0.2) is 61.1 Å². The number of piperidine rings is 1. The molecule has 4 aromatic rings. The molecule has 0 bridgehead atoms. The van der Waals surface area contributed by atoms with E-state index in [4.69, 9.17) is 4.74 Å². The molecule has 2 aliphatic rings. The molecule has 0 amide bonds. The molecule has 1 aromatic carbocycles. The Balaban J connectivity index is 1.40. The fourth-order valence-electron chi connectivity index (χ4n) is 5.88. The topological polar surface area (TPSA) is 69.6 Å². The molecule has 0 N–H and O–H groups in total. The third-order valence-corrected chi connectivity index (χ3v) is 8.43. The summed E-state index contributed by atoms with van der Waals surface area (Å²) in [6, 6.07) is 7.26. The number of alkyl halides is 6. The average Bonchev–Trinajstić information content (AvgIpc) is 3.54. The van der Waals surface area contributed by atoms with Crippen molar-refractivity contribution in [1.29, 1.82) is 0 Å². The summed E-state index contributed by atoms with van der Waals surface area (Å²) in [4.78, 5) is 15.5. The minimum atomic E-state index is -4.73. The number of halogens is 6. The molecule has 224 valence electrons. The smallest absolute Gasteiger partial charge is 0.379 e. The fourth-order valence-corrected chi connectivity index (χ4v) is 5.88. The monoisotopic (exact) mass is 594 g/mol. The van der Waals surface area contributed by atoms with E-state index in [-0.39, 0.29) is 31.0 Å². The van der Waals surface area contributed by atoms with Crippen LogP contribution in [0.5, 0.6) is 0 Å². The second kappa shape index (κ2) is 10.6. The van der Waals surface area contributed by atoms with Gasteiger partial charge in [-0.05, 0) is 49.1 Å². The maximum atomic E-state index is 14.3. The Morgan fingerprint density at radius 3 is 2.50 bits per heavy atom. The normalized spacial score (nSPS) is 19.0. The molecule has 6 rings (SSSR count). The summed E-state index contributed by atoms with van der Waals surface area (Å²) in [6.45, 7) is 0.155. The number of aromatic nitrogens is 5. The van der Waals surface area contributed by atoms with Gasteiger partial charge in [-0.25, -0.2) is 9.18 Å². The zero-order valence-electron chi connectivity index (χ0n) is 22.6. The van der Waals surface area contributed by atoms with Crippen LogP contribution in [0.1, 0.15) is 54.9 Å². The lowest BCUT2D eigenvalue weighted by Gasteiger charge is -2.42. The number of ether oxygens (including phenoxy) is 1. The van der Waals surface area contributed by atoms with Gasteiger partial charge in [0.05, 0.1) is 30.0 Å². The molecule has 1 atom stereocenters. The van der Waals surface area contributed by atoms with E-state index in [0.29, 0.717) is 47.3 Å². The Bertz CT molecular complexity index is 1650. The van der Waals surface area contributed by atoms with Gasteiger partial charge in [0.25, 0.3) is 0 Å². The van der Waals surface area contributed by atoms with Crippen LogP contribution in [0.4, 0.5) is 26.3 Å². The minimum absolute atomic E-state index is 0.0673. The lowest BCUT2D eigenvalue weighted by molar-refractivity contribution is -0.136. The van der Waals surface area contributed by atoms with Gasteiger partial charge in [0, 0.05) is 43.4 Å². The molecule has 42 heavy (non-hydrogen) atoms. The van der Waals surface area contributed by atoms with Gasteiger partial charge in [-0.1, -0.05) is 12.1 Å². The summed E-state index contributed by atoms with van der Waals surface area (Å²) in [5.74, 6) is 0.0673. The van der Waals surface area contributed by atoms with E-state index >= 15 is 0 Å². The van der Waals surface area contributed by atoms with Crippen LogP contribution in [0.25, 0.3) is 11.2 Å². The van der Waals surface area contributed by atoms with Crippen molar-refractivity contribution in [3.8, 4) is 5.69 Å². The predicted molar refractivity (Wildman–Crippen MR) is 140 cm³/mol. The van der Waals surface area contributed by atoms with Crippen LogP contribution in [0.2, 0.25) is 0 Å². The standard InChI is InChI=1S/C28H28F6N6O2/c1-17(37-7-5-20(29)6-8-37)18-9-22(28(32,33)34)23-13-38(26(41)39(23)12-18)21-4-2-3-19(10-21)27(14-42-15-27)11-24-36-35-16-40(24)25(30)31/h2-4,9-10,12-13,16-17,20,25H,5-8,11,14-15H2,1H3. The van der Waals surface area contributed by atoms with E-state index < -0.39 is 41.6 Å². The van der Waals surface area contributed by atoms with Gasteiger partial charge < -0.3 is 4.74 Å². The zero-order chi connectivity index (χ0) is 29.8. The first-order chi connectivity index (χ1) is 20.0. The van der Waals surface area contributed by atoms with Crippen LogP contribution in [-0.2, 0) is 22.7 Å². The maximum Gasteiger partial charge on any atom is 0.418 e. The van der Waals surface area contributed by atoms with Crippen LogP contribution >= 0.6 is 0 Å². The average molecular weight is 595 g/mol. The Morgan fingerprint density at radius 2 is 1.86 bits per heavy atom. The van der Waals surface area contributed by atoms with E-state index in [1.807, 2.05) is 4.90 Å². The molecule has 2 saturated heterocycles. The molecule has 1 unspecified atom stereocenters. The number of nitrogens with zero attached hydrogens (tertiary/aromatic N) is 6. The van der Waals surface area contributed by atoms with Gasteiger partial charge in [-0.2, -0.15) is 22.0 Å². The van der Waals surface area contributed by atoms with Crippen molar-refractivity contribution < 1.29 is 31.1 Å². The van der Waals surface area contributed by atoms with E-state index in [9.17, 15) is 31.1 Å². The highest BCUT2D eigenvalue weighted by atomic mass is 19.4. The third-order valence-electron chi connectivity index (χ3n) is 8.43. The van der Waals surface area contributed by atoms with E-state index in [1.54, 1.807) is 31.2 Å². The molecular formula is C28H28F6N6O2. The molecular weight excluding hydrogens is 566 g/mol. The van der Waals surface area contributed by atoms with Crippen molar-refractivity contribution in [3.05, 3.63) is 82.1 Å². The number of likely N-dealkylation sites (tertiary alicyclic amines) is 1. The number of rotatable bonds is 7. The van der Waals surface area contributed by atoms with E-state index in [1.165, 1.54) is 6.20 Å². The van der Waals surface area contributed by atoms with Crippen LogP contribution in [0.15, 0.2) is 53.8 Å². The highest BCUT2D eigenvalue weighted by molar-refractivity contribution is 5.58. The van der Waals surface area contributed by atoms with Crippen LogP contribution in [0, 0.1) is 0 Å². The molecule has 3 aromatic heterocycles. The van der Waals surface area contributed by atoms with Crippen molar-refractivity contribution in [2.45, 2.75) is 56.5 Å². The summed E-state index contributed by atoms with van der Waals surface area (Å²) in [5, 5.41) is 7.43. The molecule has 8 nitrogen and oxygen atoms in total. The van der Waals surface area contributed by atoms with Gasteiger partial charge in [-0.3, -0.25) is 18.4 Å². The largest absolute Gasteiger partial charge is 0.418 e. The number of hydrogen-bond acceptors (Lipinski definition) is 5. The molecule has 0 aliphatic carbocycles. The summed E-state index contributed by atoms with van der Waals surface area (Å²) in [7, 11) is 0. The highest BCUT2D eigenvalue weighted by Gasteiger charge is 2.42. The van der Waals surface area contributed by atoms with Crippen molar-refractivity contribution in [2.75, 3.05) is 26.3 Å². The van der Waals surface area contributed by atoms with Gasteiger partial charge in [0.1, 0.15) is 18.3 Å². The van der Waals surface area contributed by atoms with Crippen molar-refractivity contribution in [2.24, 2.45) is 0 Å². The first kappa shape index (κ1) is 28.5. The molecule has 5 heterocycles. The zero-order valence-corrected chi connectivity index (χ0v) is 22.6. The Labute approximate surface area is 236 Å². The van der Waals surface area contributed by atoms with Gasteiger partial charge in [0.2, 0.25) is 0 Å². The number of fused-ring (bicyclic) bond motifs is 1. The van der Waals surface area contributed by atoms with Crippen LogP contribution in [0.3, 0.4) is 0 Å². The lowest BCUT2D eigenvalue weighted by Crippen LogP contribution is -2.49. The first-order valence-corrected chi connectivity index (χ1v) is 13.5. The lowest BCUT2D eigenvalue weighted by atomic mass is 9.75. The summed E-state index contributed by atoms with van der Waals surface area (Å²) < 4.78 is 91.6. The Hall–Kier alpha value is -3.65. The van der Waals surface area contributed by atoms with Crippen molar-refractivity contribution >= 4 is 5.52 Å². The SMILES string of the molecule is CC(c1cc(C(F)(F)F)c2cn(-c3cccc(C4(Cc5nncn5C(F)F)COC4)c3)c(=O)n2c1)N1CCC(F)CC1. The van der Waals surface area contributed by atoms with Crippen LogP contribution < -0.4 is 5.69 Å². The number of hydrogen-bond donors (Lipinski definition) is 0. The number of pyridine rings is 1. The Kier molecular flexibility index (Phi) is 7.16. The van der Waals surface area contributed by atoms with E-state index in [0.717, 1.165) is 27.6 Å². The molecule has 2 aliphatic heterocycles.